The Labute approximate surface area is 134 Å². The highest BCUT2D eigenvalue weighted by Crippen LogP contribution is 2.26. The van der Waals surface area contributed by atoms with Gasteiger partial charge in [-0.05, 0) is 41.9 Å². The van der Waals surface area contributed by atoms with Gasteiger partial charge in [-0.15, -0.1) is 0 Å². The number of ether oxygens (including phenoxy) is 1. The Morgan fingerprint density at radius 2 is 2.10 bits per heavy atom. The van der Waals surface area contributed by atoms with Crippen LogP contribution in [0.3, 0.4) is 0 Å². The molecule has 2 rings (SSSR count). The molecule has 1 aromatic carbocycles. The van der Waals surface area contributed by atoms with Crippen LogP contribution in [0.25, 0.3) is 0 Å². The Hall–Kier alpha value is -1.33. The number of rotatable bonds is 6. The molecule has 0 unspecified atom stereocenters. The van der Waals surface area contributed by atoms with E-state index in [1.165, 1.54) is 5.56 Å². The number of hydrogen-bond acceptors (Lipinski definition) is 3. The maximum absolute atomic E-state index is 6.10. The van der Waals surface area contributed by atoms with E-state index >= 15 is 0 Å². The highest BCUT2D eigenvalue weighted by atomic mass is 79.9. The first-order valence-electron chi connectivity index (χ1n) is 7.14. The number of aromatic nitrogens is 2. The van der Waals surface area contributed by atoms with E-state index in [1.807, 2.05) is 18.7 Å². The largest absolute Gasteiger partial charge is 0.487 e. The van der Waals surface area contributed by atoms with Crippen molar-refractivity contribution in [3.05, 3.63) is 45.2 Å². The minimum Gasteiger partial charge on any atom is -0.487 e. The summed E-state index contributed by atoms with van der Waals surface area (Å²) in [6.45, 7) is 8.43. The first kappa shape index (κ1) is 16.0. The average molecular weight is 352 g/mol. The molecule has 1 N–H and O–H groups in total. The van der Waals surface area contributed by atoms with Crippen molar-refractivity contribution in [1.82, 2.24) is 15.1 Å². The average Bonchev–Trinajstić information content (AvgIpc) is 2.69. The number of benzene rings is 1. The van der Waals surface area contributed by atoms with Crippen molar-refractivity contribution in [3.63, 3.8) is 0 Å². The molecule has 1 heterocycles. The van der Waals surface area contributed by atoms with Crippen LogP contribution >= 0.6 is 15.9 Å². The van der Waals surface area contributed by atoms with Crippen molar-refractivity contribution in [3.8, 4) is 5.75 Å². The van der Waals surface area contributed by atoms with E-state index in [1.54, 1.807) is 0 Å². The molecule has 4 nitrogen and oxygen atoms in total. The van der Waals surface area contributed by atoms with Crippen LogP contribution in [0, 0.1) is 13.8 Å². The SMILES string of the molecule is CCNCc1cccc(C)c1OCc1c(Br)c(C)nn1C. The van der Waals surface area contributed by atoms with Crippen LogP contribution in [0.4, 0.5) is 0 Å². The van der Waals surface area contributed by atoms with E-state index in [0.29, 0.717) is 6.61 Å². The first-order valence-corrected chi connectivity index (χ1v) is 7.93. The van der Waals surface area contributed by atoms with Gasteiger partial charge in [0.1, 0.15) is 12.4 Å². The number of nitrogens with one attached hydrogen (secondary N) is 1. The number of aryl methyl sites for hydroxylation is 3. The fraction of sp³-hybridized carbons (Fsp3) is 0.438. The zero-order valence-corrected chi connectivity index (χ0v) is 14.6. The van der Waals surface area contributed by atoms with Gasteiger partial charge < -0.3 is 10.1 Å². The molecule has 21 heavy (non-hydrogen) atoms. The lowest BCUT2D eigenvalue weighted by molar-refractivity contribution is 0.288. The summed E-state index contributed by atoms with van der Waals surface area (Å²) in [5, 5.41) is 7.75. The lowest BCUT2D eigenvalue weighted by Gasteiger charge is -2.15. The van der Waals surface area contributed by atoms with Gasteiger partial charge in [0.15, 0.2) is 0 Å². The van der Waals surface area contributed by atoms with Gasteiger partial charge in [0, 0.05) is 19.2 Å². The minimum atomic E-state index is 0.502. The molecule has 0 saturated carbocycles. The van der Waals surface area contributed by atoms with Crippen LogP contribution < -0.4 is 10.1 Å². The van der Waals surface area contributed by atoms with Crippen LogP contribution in [0.2, 0.25) is 0 Å². The topological polar surface area (TPSA) is 39.1 Å². The molecule has 0 aliphatic heterocycles. The standard InChI is InChI=1S/C16H22BrN3O/c1-5-18-9-13-8-6-7-11(2)16(13)21-10-14-15(17)12(3)19-20(14)4/h6-8,18H,5,9-10H2,1-4H3. The van der Waals surface area contributed by atoms with Gasteiger partial charge in [-0.3, -0.25) is 4.68 Å². The van der Waals surface area contributed by atoms with Crippen molar-refractivity contribution >= 4 is 15.9 Å². The lowest BCUT2D eigenvalue weighted by atomic mass is 10.1. The summed E-state index contributed by atoms with van der Waals surface area (Å²) in [4.78, 5) is 0. The summed E-state index contributed by atoms with van der Waals surface area (Å²) in [7, 11) is 1.94. The molecule has 0 aliphatic rings. The Morgan fingerprint density at radius 3 is 2.71 bits per heavy atom. The Kier molecular flexibility index (Phi) is 5.42. The minimum absolute atomic E-state index is 0.502. The molecule has 0 saturated heterocycles. The van der Waals surface area contributed by atoms with Gasteiger partial charge in [0.05, 0.1) is 15.9 Å². The fourth-order valence-electron chi connectivity index (χ4n) is 2.30. The van der Waals surface area contributed by atoms with Crippen LogP contribution in [0.15, 0.2) is 22.7 Å². The first-order chi connectivity index (χ1) is 10.0. The van der Waals surface area contributed by atoms with Gasteiger partial charge in [-0.1, -0.05) is 25.1 Å². The predicted molar refractivity (Wildman–Crippen MR) is 88.5 cm³/mol. The molecule has 2 aromatic rings. The van der Waals surface area contributed by atoms with Crippen LogP contribution in [-0.2, 0) is 20.2 Å². The van der Waals surface area contributed by atoms with Crippen molar-refractivity contribution in [2.75, 3.05) is 6.54 Å². The summed E-state index contributed by atoms with van der Waals surface area (Å²) in [6.07, 6.45) is 0. The molecule has 0 bridgehead atoms. The van der Waals surface area contributed by atoms with Gasteiger partial charge in [0.25, 0.3) is 0 Å². The molecular weight excluding hydrogens is 330 g/mol. The van der Waals surface area contributed by atoms with Crippen molar-refractivity contribution < 1.29 is 4.74 Å². The summed E-state index contributed by atoms with van der Waals surface area (Å²) >= 11 is 3.58. The monoisotopic (exact) mass is 351 g/mol. The summed E-state index contributed by atoms with van der Waals surface area (Å²) in [6, 6.07) is 6.25. The number of halogens is 1. The summed E-state index contributed by atoms with van der Waals surface area (Å²) in [5.41, 5.74) is 4.37. The van der Waals surface area contributed by atoms with Gasteiger partial charge in [-0.2, -0.15) is 5.10 Å². The Balaban J connectivity index is 2.19. The lowest BCUT2D eigenvalue weighted by Crippen LogP contribution is -2.13. The Morgan fingerprint density at radius 1 is 1.33 bits per heavy atom. The van der Waals surface area contributed by atoms with Gasteiger partial charge in [0.2, 0.25) is 0 Å². The predicted octanol–water partition coefficient (Wildman–Crippen LogP) is 3.49. The second-order valence-electron chi connectivity index (χ2n) is 5.10. The highest BCUT2D eigenvalue weighted by molar-refractivity contribution is 9.10. The van der Waals surface area contributed by atoms with Crippen LogP contribution in [-0.4, -0.2) is 16.3 Å². The Bertz CT molecular complexity index is 622. The maximum Gasteiger partial charge on any atom is 0.131 e. The molecule has 5 heteroatoms. The zero-order chi connectivity index (χ0) is 15.4. The van der Waals surface area contributed by atoms with E-state index in [2.05, 4.69) is 58.4 Å². The molecule has 0 fully saturated rings. The molecule has 0 amide bonds. The second kappa shape index (κ2) is 7.09. The van der Waals surface area contributed by atoms with Crippen LogP contribution in [0.1, 0.15) is 29.4 Å². The van der Waals surface area contributed by atoms with Gasteiger partial charge >= 0.3 is 0 Å². The van der Waals surface area contributed by atoms with Gasteiger partial charge in [-0.25, -0.2) is 0 Å². The third-order valence-electron chi connectivity index (χ3n) is 3.47. The fourth-order valence-corrected chi connectivity index (χ4v) is 2.75. The van der Waals surface area contributed by atoms with E-state index in [9.17, 15) is 0 Å². The molecule has 1 aromatic heterocycles. The molecule has 0 spiro atoms. The van der Waals surface area contributed by atoms with E-state index in [-0.39, 0.29) is 0 Å². The highest BCUT2D eigenvalue weighted by Gasteiger charge is 2.13. The van der Waals surface area contributed by atoms with E-state index in [4.69, 9.17) is 4.74 Å². The zero-order valence-electron chi connectivity index (χ0n) is 13.0. The van der Waals surface area contributed by atoms with Crippen LogP contribution in [0.5, 0.6) is 5.75 Å². The third-order valence-corrected chi connectivity index (χ3v) is 4.51. The molecule has 0 atom stereocenters. The summed E-state index contributed by atoms with van der Waals surface area (Å²) < 4.78 is 8.98. The molecule has 0 aliphatic carbocycles. The number of hydrogen-bond donors (Lipinski definition) is 1. The van der Waals surface area contributed by atoms with Crippen molar-refractivity contribution in [1.29, 1.82) is 0 Å². The maximum atomic E-state index is 6.10. The van der Waals surface area contributed by atoms with Crippen molar-refractivity contribution in [2.24, 2.45) is 7.05 Å². The normalized spacial score (nSPS) is 10.9. The number of para-hydroxylation sites is 1. The van der Waals surface area contributed by atoms with E-state index < -0.39 is 0 Å². The third kappa shape index (κ3) is 3.66. The molecular formula is C16H22BrN3O. The van der Waals surface area contributed by atoms with Crippen molar-refractivity contribution in [2.45, 2.75) is 33.9 Å². The van der Waals surface area contributed by atoms with E-state index in [0.717, 1.165) is 40.3 Å². The second-order valence-corrected chi connectivity index (χ2v) is 5.89. The molecule has 0 radical (unpaired) electrons. The summed E-state index contributed by atoms with van der Waals surface area (Å²) in [5.74, 6) is 0.962. The molecule has 114 valence electrons. The smallest absolute Gasteiger partial charge is 0.131 e. The number of nitrogens with zero attached hydrogens (tertiary/aromatic N) is 2. The quantitative estimate of drug-likeness (QED) is 0.865.